The van der Waals surface area contributed by atoms with Crippen LogP contribution in [-0.4, -0.2) is 16.0 Å². The van der Waals surface area contributed by atoms with Crippen molar-refractivity contribution in [3.63, 3.8) is 0 Å². The van der Waals surface area contributed by atoms with Crippen molar-refractivity contribution in [1.82, 2.24) is 15.3 Å². The van der Waals surface area contributed by atoms with Gasteiger partial charge in [0.25, 0.3) is 0 Å². The molecule has 0 amide bonds. The van der Waals surface area contributed by atoms with Gasteiger partial charge in [-0.15, -0.1) is 0 Å². The van der Waals surface area contributed by atoms with Crippen molar-refractivity contribution in [2.45, 2.75) is 44.7 Å². The molecule has 1 aliphatic rings. The minimum absolute atomic E-state index is 0.692. The highest BCUT2D eigenvalue weighted by atomic mass is 15.0. The summed E-state index contributed by atoms with van der Waals surface area (Å²) in [5.74, 6) is 1.05. The molecule has 0 atom stereocenters. The molecule has 3 rings (SSSR count). The minimum Gasteiger partial charge on any atom is -0.341 e. The number of benzene rings is 1. The van der Waals surface area contributed by atoms with E-state index in [1.54, 1.807) is 0 Å². The van der Waals surface area contributed by atoms with Gasteiger partial charge in [0.15, 0.2) is 0 Å². The van der Waals surface area contributed by atoms with Crippen LogP contribution in [0.3, 0.4) is 0 Å². The summed E-state index contributed by atoms with van der Waals surface area (Å²) in [6.07, 6.45) is 6.79. The lowest BCUT2D eigenvalue weighted by Crippen LogP contribution is -2.30. The van der Waals surface area contributed by atoms with Gasteiger partial charge in [-0.1, -0.05) is 31.4 Å². The highest BCUT2D eigenvalue weighted by molar-refractivity contribution is 5.74. The summed E-state index contributed by atoms with van der Waals surface area (Å²) in [5.41, 5.74) is 2.20. The van der Waals surface area contributed by atoms with Gasteiger partial charge >= 0.3 is 0 Å². The Morgan fingerprint density at radius 2 is 2.00 bits per heavy atom. The molecule has 90 valence electrons. The monoisotopic (exact) mass is 229 g/mol. The third kappa shape index (κ3) is 2.50. The van der Waals surface area contributed by atoms with Crippen molar-refractivity contribution in [3.8, 4) is 0 Å². The average Bonchev–Trinajstić information content (AvgIpc) is 2.80. The van der Waals surface area contributed by atoms with Crippen LogP contribution in [0, 0.1) is 0 Å². The third-order valence-electron chi connectivity index (χ3n) is 3.60. The van der Waals surface area contributed by atoms with Gasteiger partial charge in [-0.2, -0.15) is 0 Å². The first kappa shape index (κ1) is 10.8. The fourth-order valence-corrected chi connectivity index (χ4v) is 2.64. The van der Waals surface area contributed by atoms with Crippen molar-refractivity contribution in [2.24, 2.45) is 0 Å². The molecule has 0 radical (unpaired) electrons. The third-order valence-corrected chi connectivity index (χ3v) is 3.60. The molecule has 17 heavy (non-hydrogen) atoms. The van der Waals surface area contributed by atoms with E-state index >= 15 is 0 Å². The lowest BCUT2D eigenvalue weighted by Gasteiger charge is -2.22. The number of rotatable bonds is 3. The first-order chi connectivity index (χ1) is 8.42. The van der Waals surface area contributed by atoms with Gasteiger partial charge in [-0.3, -0.25) is 0 Å². The van der Waals surface area contributed by atoms with E-state index in [1.807, 2.05) is 12.1 Å². The number of para-hydroxylation sites is 2. The Labute approximate surface area is 102 Å². The lowest BCUT2D eigenvalue weighted by molar-refractivity contribution is 0.370. The predicted octanol–water partition coefficient (Wildman–Crippen LogP) is 2.99. The van der Waals surface area contributed by atoms with Crippen LogP contribution in [0.2, 0.25) is 0 Å². The van der Waals surface area contributed by atoms with E-state index in [4.69, 9.17) is 0 Å². The number of imidazole rings is 1. The van der Waals surface area contributed by atoms with E-state index in [9.17, 15) is 0 Å². The average molecular weight is 229 g/mol. The Kier molecular flexibility index (Phi) is 3.10. The Hall–Kier alpha value is -1.35. The number of hydrogen-bond acceptors (Lipinski definition) is 2. The van der Waals surface area contributed by atoms with Gasteiger partial charge in [0.05, 0.1) is 17.6 Å². The minimum atomic E-state index is 0.692. The van der Waals surface area contributed by atoms with E-state index in [1.165, 1.54) is 32.1 Å². The van der Waals surface area contributed by atoms with Gasteiger partial charge in [0.2, 0.25) is 0 Å². The summed E-state index contributed by atoms with van der Waals surface area (Å²) < 4.78 is 0. The molecule has 2 aromatic rings. The van der Waals surface area contributed by atoms with Crippen LogP contribution < -0.4 is 5.32 Å². The molecule has 0 unspecified atom stereocenters. The van der Waals surface area contributed by atoms with Crippen molar-refractivity contribution < 1.29 is 0 Å². The fourth-order valence-electron chi connectivity index (χ4n) is 2.64. The first-order valence-corrected chi connectivity index (χ1v) is 6.59. The molecule has 0 spiro atoms. The Bertz CT molecular complexity index is 450. The summed E-state index contributed by atoms with van der Waals surface area (Å²) in [6, 6.07) is 8.89. The van der Waals surface area contributed by atoms with Crippen LogP contribution in [0.15, 0.2) is 24.3 Å². The second-order valence-corrected chi connectivity index (χ2v) is 4.92. The highest BCUT2D eigenvalue weighted by Crippen LogP contribution is 2.18. The molecule has 1 heterocycles. The fraction of sp³-hybridized carbons (Fsp3) is 0.500. The largest absolute Gasteiger partial charge is 0.341 e. The molecule has 0 saturated heterocycles. The van der Waals surface area contributed by atoms with E-state index in [0.29, 0.717) is 6.04 Å². The summed E-state index contributed by atoms with van der Waals surface area (Å²) in [5, 5.41) is 3.61. The van der Waals surface area contributed by atoms with Gasteiger partial charge in [0.1, 0.15) is 5.82 Å². The van der Waals surface area contributed by atoms with E-state index in [0.717, 1.165) is 23.4 Å². The Morgan fingerprint density at radius 3 is 2.82 bits per heavy atom. The van der Waals surface area contributed by atoms with E-state index in [2.05, 4.69) is 27.4 Å². The van der Waals surface area contributed by atoms with Crippen LogP contribution in [0.4, 0.5) is 0 Å². The zero-order chi connectivity index (χ0) is 11.5. The van der Waals surface area contributed by atoms with Crippen molar-refractivity contribution in [1.29, 1.82) is 0 Å². The van der Waals surface area contributed by atoms with E-state index < -0.39 is 0 Å². The van der Waals surface area contributed by atoms with Crippen LogP contribution in [0.1, 0.15) is 37.9 Å². The number of aromatic nitrogens is 2. The number of nitrogens with zero attached hydrogens (tertiary/aromatic N) is 1. The SMILES string of the molecule is c1ccc2[nH]c(CNC3CCCCC3)nc2c1. The number of fused-ring (bicyclic) bond motifs is 1. The summed E-state index contributed by atoms with van der Waals surface area (Å²) in [7, 11) is 0. The maximum Gasteiger partial charge on any atom is 0.121 e. The quantitative estimate of drug-likeness (QED) is 0.849. The van der Waals surface area contributed by atoms with Crippen molar-refractivity contribution >= 4 is 11.0 Å². The van der Waals surface area contributed by atoms with E-state index in [-0.39, 0.29) is 0 Å². The van der Waals surface area contributed by atoms with Gasteiger partial charge in [0, 0.05) is 6.04 Å². The van der Waals surface area contributed by atoms with Crippen LogP contribution in [-0.2, 0) is 6.54 Å². The number of hydrogen-bond donors (Lipinski definition) is 2. The first-order valence-electron chi connectivity index (χ1n) is 6.59. The second kappa shape index (κ2) is 4.88. The Balaban J connectivity index is 1.64. The van der Waals surface area contributed by atoms with Gasteiger partial charge in [-0.25, -0.2) is 4.98 Å². The summed E-state index contributed by atoms with van der Waals surface area (Å²) in [6.45, 7) is 0.860. The summed E-state index contributed by atoms with van der Waals surface area (Å²) in [4.78, 5) is 7.94. The van der Waals surface area contributed by atoms with Crippen LogP contribution in [0.25, 0.3) is 11.0 Å². The number of aromatic amines is 1. The molecule has 1 saturated carbocycles. The predicted molar refractivity (Wildman–Crippen MR) is 69.8 cm³/mol. The zero-order valence-corrected chi connectivity index (χ0v) is 10.1. The molecule has 1 fully saturated rings. The highest BCUT2D eigenvalue weighted by Gasteiger charge is 2.13. The molecular weight excluding hydrogens is 210 g/mol. The number of nitrogens with one attached hydrogen (secondary N) is 2. The Morgan fingerprint density at radius 1 is 1.18 bits per heavy atom. The second-order valence-electron chi connectivity index (χ2n) is 4.92. The van der Waals surface area contributed by atoms with Crippen LogP contribution >= 0.6 is 0 Å². The summed E-state index contributed by atoms with van der Waals surface area (Å²) >= 11 is 0. The molecule has 1 aromatic heterocycles. The molecule has 3 nitrogen and oxygen atoms in total. The maximum atomic E-state index is 4.58. The van der Waals surface area contributed by atoms with Gasteiger partial charge in [-0.05, 0) is 25.0 Å². The molecule has 1 aromatic carbocycles. The standard InChI is InChI=1S/C14H19N3/c1-2-6-11(7-3-1)15-10-14-16-12-8-4-5-9-13(12)17-14/h4-5,8-9,11,15H,1-3,6-7,10H2,(H,16,17). The normalized spacial score (nSPS) is 17.6. The molecule has 1 aliphatic carbocycles. The number of H-pyrrole nitrogens is 1. The van der Waals surface area contributed by atoms with Crippen LogP contribution in [0.5, 0.6) is 0 Å². The molecular formula is C14H19N3. The van der Waals surface area contributed by atoms with Crippen molar-refractivity contribution in [2.75, 3.05) is 0 Å². The van der Waals surface area contributed by atoms with Gasteiger partial charge < -0.3 is 10.3 Å². The molecule has 2 N–H and O–H groups in total. The molecule has 0 aliphatic heterocycles. The maximum absolute atomic E-state index is 4.58. The zero-order valence-electron chi connectivity index (χ0n) is 10.1. The smallest absolute Gasteiger partial charge is 0.121 e. The molecule has 0 bridgehead atoms. The lowest BCUT2D eigenvalue weighted by atomic mass is 9.95. The van der Waals surface area contributed by atoms with Crippen molar-refractivity contribution in [3.05, 3.63) is 30.1 Å². The molecule has 3 heteroatoms. The topological polar surface area (TPSA) is 40.7 Å².